The molecule has 4 rings (SSSR count). The fraction of sp³-hybridized carbons (Fsp3) is 0.548. The van der Waals surface area contributed by atoms with Crippen LogP contribution < -0.4 is 10.2 Å². The third-order valence-electron chi connectivity index (χ3n) is 7.08. The van der Waals surface area contributed by atoms with Crippen molar-refractivity contribution in [2.45, 2.75) is 65.0 Å². The van der Waals surface area contributed by atoms with E-state index in [-0.39, 0.29) is 57.2 Å². The van der Waals surface area contributed by atoms with E-state index in [1.54, 1.807) is 38.7 Å². The van der Waals surface area contributed by atoms with Gasteiger partial charge in [-0.2, -0.15) is 0 Å². The summed E-state index contributed by atoms with van der Waals surface area (Å²) in [6.07, 6.45) is 1.23. The van der Waals surface area contributed by atoms with Crippen LogP contribution in [0.4, 0.5) is 10.6 Å². The summed E-state index contributed by atoms with van der Waals surface area (Å²) in [6, 6.07) is 10.0. The van der Waals surface area contributed by atoms with Gasteiger partial charge in [0.25, 0.3) is 5.91 Å². The molecule has 13 heteroatoms. The van der Waals surface area contributed by atoms with Gasteiger partial charge < -0.3 is 29.4 Å². The van der Waals surface area contributed by atoms with Gasteiger partial charge in [-0.3, -0.25) is 14.4 Å². The van der Waals surface area contributed by atoms with Crippen LogP contribution in [0.2, 0.25) is 0 Å². The highest BCUT2D eigenvalue weighted by molar-refractivity contribution is 5.97. The molecule has 1 aromatic heterocycles. The van der Waals surface area contributed by atoms with E-state index < -0.39 is 29.7 Å². The molecule has 0 spiro atoms. The summed E-state index contributed by atoms with van der Waals surface area (Å²) in [5.41, 5.74) is 0.210. The Morgan fingerprint density at radius 1 is 0.955 bits per heavy atom. The molecule has 1 atom stereocenters. The van der Waals surface area contributed by atoms with E-state index >= 15 is 0 Å². The third-order valence-corrected chi connectivity index (χ3v) is 7.08. The van der Waals surface area contributed by atoms with Gasteiger partial charge in [0, 0.05) is 44.2 Å². The smallest absolute Gasteiger partial charge is 0.460 e. The van der Waals surface area contributed by atoms with Crippen molar-refractivity contribution in [1.29, 1.82) is 0 Å². The van der Waals surface area contributed by atoms with Gasteiger partial charge in [-0.05, 0) is 47.0 Å². The largest absolute Gasteiger partial charge is 0.527 e. The van der Waals surface area contributed by atoms with Gasteiger partial charge in [0.15, 0.2) is 5.82 Å². The summed E-state index contributed by atoms with van der Waals surface area (Å²) in [6.45, 7) is 9.87. The molecular weight excluding hydrogens is 568 g/mol. The lowest BCUT2D eigenvalue weighted by Crippen LogP contribution is -2.55. The highest BCUT2D eigenvalue weighted by atomic mass is 16.8. The molecule has 0 aliphatic carbocycles. The lowest BCUT2D eigenvalue weighted by Gasteiger charge is -2.35. The number of benzene rings is 1. The minimum absolute atomic E-state index is 0.0363. The van der Waals surface area contributed by atoms with Crippen molar-refractivity contribution in [2.75, 3.05) is 50.8 Å². The number of anilines is 1. The quantitative estimate of drug-likeness (QED) is 0.396. The van der Waals surface area contributed by atoms with Gasteiger partial charge in [0.2, 0.25) is 5.91 Å². The van der Waals surface area contributed by atoms with Crippen molar-refractivity contribution in [1.82, 2.24) is 25.2 Å². The van der Waals surface area contributed by atoms with Crippen molar-refractivity contribution in [2.24, 2.45) is 0 Å². The number of hydroxylamine groups is 2. The van der Waals surface area contributed by atoms with E-state index in [0.29, 0.717) is 11.6 Å². The number of hydrogen-bond acceptors (Lipinski definition) is 11. The number of nitrogens with zero attached hydrogens (tertiary/aromatic N) is 5. The molecule has 13 nitrogen and oxygen atoms in total. The van der Waals surface area contributed by atoms with Crippen LogP contribution in [-0.4, -0.2) is 101 Å². The minimum Gasteiger partial charge on any atom is -0.460 e. The Labute approximate surface area is 257 Å². The third kappa shape index (κ3) is 9.37. The van der Waals surface area contributed by atoms with Crippen LogP contribution in [0.15, 0.2) is 36.4 Å². The maximum absolute atomic E-state index is 13.7. The van der Waals surface area contributed by atoms with Gasteiger partial charge in [-0.15, -0.1) is 5.06 Å². The molecule has 2 amide bonds. The first-order valence-electron chi connectivity index (χ1n) is 15.1. The van der Waals surface area contributed by atoms with Gasteiger partial charge >= 0.3 is 12.1 Å². The summed E-state index contributed by atoms with van der Waals surface area (Å²) in [4.78, 5) is 69.8. The Kier molecular flexibility index (Phi) is 11.1. The molecule has 2 fully saturated rings. The van der Waals surface area contributed by atoms with Crippen LogP contribution in [0.3, 0.4) is 0 Å². The molecule has 0 bridgehead atoms. The predicted molar refractivity (Wildman–Crippen MR) is 162 cm³/mol. The molecule has 2 aromatic rings. The average Bonchev–Trinajstić information content (AvgIpc) is 3.54. The second-order valence-electron chi connectivity index (χ2n) is 11.7. The Bertz CT molecular complexity index is 1300. The van der Waals surface area contributed by atoms with E-state index in [1.807, 2.05) is 30.3 Å². The average molecular weight is 611 g/mol. The van der Waals surface area contributed by atoms with Gasteiger partial charge in [-0.25, -0.2) is 14.8 Å². The van der Waals surface area contributed by atoms with Crippen molar-refractivity contribution in [3.05, 3.63) is 42.1 Å². The highest BCUT2D eigenvalue weighted by Crippen LogP contribution is 2.23. The monoisotopic (exact) mass is 610 g/mol. The predicted octanol–water partition coefficient (Wildman–Crippen LogP) is 3.20. The molecule has 2 saturated heterocycles. The van der Waals surface area contributed by atoms with Gasteiger partial charge in [0.1, 0.15) is 23.2 Å². The maximum Gasteiger partial charge on any atom is 0.527 e. The molecule has 1 N–H and O–H groups in total. The maximum atomic E-state index is 13.7. The number of carbonyl (C=O) groups excluding carboxylic acids is 4. The standard InChI is InChI=1S/C31H42N6O7/c1-5-42-30(41)44-37-19-17-36(18-20-37)29(40)23(13-14-26(38)43-31(2,3)4)33-28(39)24-21-25(35-15-9-10-16-35)34-27(32-24)22-11-7-6-8-12-22/h6-8,11-12,21,23H,5,9-10,13-20H2,1-4H3,(H,33,39)/t23-/m0/s1. The first kappa shape index (κ1) is 32.6. The van der Waals surface area contributed by atoms with Crippen LogP contribution in [0, 0.1) is 0 Å². The van der Waals surface area contributed by atoms with Crippen LogP contribution in [0.5, 0.6) is 0 Å². The lowest BCUT2D eigenvalue weighted by molar-refractivity contribution is -0.158. The number of hydrogen-bond donors (Lipinski definition) is 1. The molecule has 3 heterocycles. The summed E-state index contributed by atoms with van der Waals surface area (Å²) < 4.78 is 10.3. The van der Waals surface area contributed by atoms with Crippen LogP contribution in [0.1, 0.15) is 63.9 Å². The fourth-order valence-corrected chi connectivity index (χ4v) is 4.99. The molecule has 0 saturated carbocycles. The molecule has 238 valence electrons. The van der Waals surface area contributed by atoms with Crippen molar-refractivity contribution in [3.8, 4) is 11.4 Å². The molecule has 2 aliphatic rings. The zero-order valence-electron chi connectivity index (χ0n) is 25.9. The summed E-state index contributed by atoms with van der Waals surface area (Å²) >= 11 is 0. The Balaban J connectivity index is 1.52. The first-order valence-corrected chi connectivity index (χ1v) is 15.1. The van der Waals surface area contributed by atoms with E-state index in [9.17, 15) is 19.2 Å². The number of esters is 1. The topological polar surface area (TPSA) is 144 Å². The molecule has 1 aromatic carbocycles. The molecule has 2 aliphatic heterocycles. The number of aromatic nitrogens is 2. The van der Waals surface area contributed by atoms with Gasteiger partial charge in [0.05, 0.1) is 19.7 Å². The number of ether oxygens (including phenoxy) is 2. The SMILES string of the molecule is CCOC(=O)ON1CCN(C(=O)[C@H](CCC(=O)OC(C)(C)C)NC(=O)c2cc(N3CCCC3)nc(-c3ccccc3)n2)CC1. The molecule has 0 unspecified atom stereocenters. The summed E-state index contributed by atoms with van der Waals surface area (Å²) in [7, 11) is 0. The second-order valence-corrected chi connectivity index (χ2v) is 11.7. The van der Waals surface area contributed by atoms with Crippen molar-refractivity contribution < 1.29 is 33.5 Å². The first-order chi connectivity index (χ1) is 21.0. The van der Waals surface area contributed by atoms with Gasteiger partial charge in [-0.1, -0.05) is 30.3 Å². The fourth-order valence-electron chi connectivity index (χ4n) is 4.99. The van der Waals surface area contributed by atoms with E-state index in [2.05, 4.69) is 15.2 Å². The summed E-state index contributed by atoms with van der Waals surface area (Å²) in [5, 5.41) is 4.27. The zero-order valence-corrected chi connectivity index (χ0v) is 25.9. The highest BCUT2D eigenvalue weighted by Gasteiger charge is 2.32. The van der Waals surface area contributed by atoms with Crippen molar-refractivity contribution in [3.63, 3.8) is 0 Å². The van der Waals surface area contributed by atoms with E-state index in [1.165, 1.54) is 5.06 Å². The van der Waals surface area contributed by atoms with Crippen LogP contribution in [-0.2, 0) is 23.9 Å². The number of nitrogens with one attached hydrogen (secondary N) is 1. The lowest BCUT2D eigenvalue weighted by atomic mass is 10.1. The Hall–Kier alpha value is -4.26. The number of rotatable bonds is 10. The van der Waals surface area contributed by atoms with Crippen molar-refractivity contribution >= 4 is 29.8 Å². The molecular formula is C31H42N6O7. The van der Waals surface area contributed by atoms with E-state index in [0.717, 1.165) is 31.5 Å². The van der Waals surface area contributed by atoms with Crippen LogP contribution >= 0.6 is 0 Å². The number of amides is 2. The molecule has 0 radical (unpaired) electrons. The number of carbonyl (C=O) groups is 4. The second kappa shape index (κ2) is 15.0. The normalized spacial score (nSPS) is 16.3. The Morgan fingerprint density at radius 2 is 1.64 bits per heavy atom. The molecule has 44 heavy (non-hydrogen) atoms. The van der Waals surface area contributed by atoms with E-state index in [4.69, 9.17) is 19.3 Å². The zero-order chi connectivity index (χ0) is 31.7. The minimum atomic E-state index is -1.02. The number of piperazine rings is 1. The Morgan fingerprint density at radius 3 is 2.27 bits per heavy atom. The summed E-state index contributed by atoms with van der Waals surface area (Å²) in [5.74, 6) is -0.307. The van der Waals surface area contributed by atoms with Crippen LogP contribution in [0.25, 0.3) is 11.4 Å².